The zero-order valence-electron chi connectivity index (χ0n) is 11.3. The zero-order valence-corrected chi connectivity index (χ0v) is 11.3. The van der Waals surface area contributed by atoms with Gasteiger partial charge in [-0.25, -0.2) is 4.39 Å². The third-order valence-electron chi connectivity index (χ3n) is 3.08. The van der Waals surface area contributed by atoms with Crippen LogP contribution in [0.1, 0.15) is 43.5 Å². The molecular formula is C15H22FNO. The molecule has 0 heterocycles. The molecule has 1 aromatic carbocycles. The van der Waals surface area contributed by atoms with E-state index >= 15 is 0 Å². The second-order valence-corrected chi connectivity index (χ2v) is 4.47. The molecule has 0 aliphatic heterocycles. The van der Waals surface area contributed by atoms with Gasteiger partial charge in [0, 0.05) is 18.5 Å². The highest BCUT2D eigenvalue weighted by molar-refractivity contribution is 5.96. The third-order valence-corrected chi connectivity index (χ3v) is 3.08. The Hall–Kier alpha value is -1.22. The van der Waals surface area contributed by atoms with Gasteiger partial charge >= 0.3 is 0 Å². The number of hydrogen-bond donors (Lipinski definition) is 0. The molecule has 0 atom stereocenters. The first kappa shape index (κ1) is 14.8. The Morgan fingerprint density at radius 3 is 2.67 bits per heavy atom. The number of carbonyl (C=O) groups excluding carboxylic acids is 1. The molecule has 0 N–H and O–H groups in total. The molecular weight excluding hydrogens is 229 g/mol. The molecule has 0 saturated carbocycles. The fraction of sp³-hybridized carbons (Fsp3) is 0.533. The number of hydrogen-bond acceptors (Lipinski definition) is 2. The summed E-state index contributed by atoms with van der Waals surface area (Å²) < 4.78 is 13.0. The summed E-state index contributed by atoms with van der Waals surface area (Å²) in [6, 6.07) is 5.92. The lowest BCUT2D eigenvalue weighted by molar-refractivity contribution is 0.0964. The first-order valence-corrected chi connectivity index (χ1v) is 6.68. The minimum atomic E-state index is -0.348. The van der Waals surface area contributed by atoms with Crippen LogP contribution < -0.4 is 0 Å². The van der Waals surface area contributed by atoms with Crippen molar-refractivity contribution >= 4 is 5.78 Å². The van der Waals surface area contributed by atoms with E-state index in [-0.39, 0.29) is 11.6 Å². The monoisotopic (exact) mass is 251 g/mol. The van der Waals surface area contributed by atoms with Gasteiger partial charge in [0.05, 0.1) is 0 Å². The quantitative estimate of drug-likeness (QED) is 0.659. The number of carbonyl (C=O) groups is 1. The van der Waals surface area contributed by atoms with Crippen LogP contribution in [0.25, 0.3) is 0 Å². The largest absolute Gasteiger partial charge is 0.303 e. The van der Waals surface area contributed by atoms with Gasteiger partial charge in [-0.05, 0) is 31.6 Å². The number of ketones is 1. The van der Waals surface area contributed by atoms with Gasteiger partial charge in [0.15, 0.2) is 5.78 Å². The average molecular weight is 251 g/mol. The van der Waals surface area contributed by atoms with Crippen molar-refractivity contribution in [3.8, 4) is 0 Å². The van der Waals surface area contributed by atoms with Crippen molar-refractivity contribution in [2.24, 2.45) is 0 Å². The first-order valence-electron chi connectivity index (χ1n) is 6.68. The Morgan fingerprint density at radius 2 is 2.06 bits per heavy atom. The van der Waals surface area contributed by atoms with Crippen molar-refractivity contribution in [3.05, 3.63) is 35.6 Å². The molecule has 0 saturated heterocycles. The van der Waals surface area contributed by atoms with Gasteiger partial charge in [-0.3, -0.25) is 4.79 Å². The minimum absolute atomic E-state index is 0.0180. The minimum Gasteiger partial charge on any atom is -0.303 e. The molecule has 0 aromatic heterocycles. The number of halogens is 1. The third kappa shape index (κ3) is 4.96. The van der Waals surface area contributed by atoms with Crippen LogP contribution in [0.4, 0.5) is 4.39 Å². The van der Waals surface area contributed by atoms with Crippen molar-refractivity contribution in [3.63, 3.8) is 0 Å². The molecule has 0 fully saturated rings. The maximum Gasteiger partial charge on any atom is 0.164 e. The number of nitrogens with zero attached hydrogens (tertiary/aromatic N) is 1. The Bertz CT molecular complexity index is 379. The number of unbranched alkanes of at least 4 members (excludes halogenated alkanes) is 1. The summed E-state index contributed by atoms with van der Waals surface area (Å²) in [5, 5.41) is 0. The number of benzene rings is 1. The van der Waals surface area contributed by atoms with E-state index < -0.39 is 0 Å². The van der Waals surface area contributed by atoms with Crippen molar-refractivity contribution < 1.29 is 9.18 Å². The summed E-state index contributed by atoms with van der Waals surface area (Å²) in [6.07, 6.45) is 2.78. The molecule has 0 radical (unpaired) electrons. The fourth-order valence-corrected chi connectivity index (χ4v) is 1.88. The summed E-state index contributed by atoms with van der Waals surface area (Å²) in [7, 11) is 0. The fourth-order valence-electron chi connectivity index (χ4n) is 1.88. The van der Waals surface area contributed by atoms with E-state index in [1.807, 2.05) is 0 Å². The maximum absolute atomic E-state index is 13.0. The Kier molecular flexibility index (Phi) is 6.58. The summed E-state index contributed by atoms with van der Waals surface area (Å²) in [5.41, 5.74) is 0.474. The van der Waals surface area contributed by atoms with Gasteiger partial charge in [-0.2, -0.15) is 0 Å². The zero-order chi connectivity index (χ0) is 13.4. The van der Waals surface area contributed by atoms with Crippen LogP contribution in [0.3, 0.4) is 0 Å². The Balaban J connectivity index is 2.44. The van der Waals surface area contributed by atoms with Crippen molar-refractivity contribution in [1.82, 2.24) is 4.90 Å². The number of rotatable bonds is 8. The lowest BCUT2D eigenvalue weighted by Gasteiger charge is -2.19. The molecule has 0 aliphatic carbocycles. The molecule has 1 aromatic rings. The predicted octanol–water partition coefficient (Wildman–Crippen LogP) is 3.52. The standard InChI is InChI=1S/C15H22FNO/c1-3-5-10-17(4-2)11-9-15(18)13-7-6-8-14(16)12-13/h6-8,12H,3-5,9-11H2,1-2H3. The molecule has 0 unspecified atom stereocenters. The Labute approximate surface area is 109 Å². The first-order chi connectivity index (χ1) is 8.67. The highest BCUT2D eigenvalue weighted by atomic mass is 19.1. The van der Waals surface area contributed by atoms with E-state index in [2.05, 4.69) is 18.7 Å². The van der Waals surface area contributed by atoms with Crippen LogP contribution in [0.15, 0.2) is 24.3 Å². The van der Waals surface area contributed by atoms with Gasteiger partial charge in [-0.15, -0.1) is 0 Å². The molecule has 0 amide bonds. The van der Waals surface area contributed by atoms with E-state index in [0.717, 1.165) is 32.5 Å². The van der Waals surface area contributed by atoms with Crippen LogP contribution in [-0.2, 0) is 0 Å². The molecule has 100 valence electrons. The highest BCUT2D eigenvalue weighted by Gasteiger charge is 2.09. The smallest absolute Gasteiger partial charge is 0.164 e. The van der Waals surface area contributed by atoms with Crippen molar-refractivity contribution in [1.29, 1.82) is 0 Å². The van der Waals surface area contributed by atoms with Crippen molar-refractivity contribution in [2.45, 2.75) is 33.1 Å². The van der Waals surface area contributed by atoms with E-state index in [9.17, 15) is 9.18 Å². The summed E-state index contributed by atoms with van der Waals surface area (Å²) in [4.78, 5) is 14.2. The van der Waals surface area contributed by atoms with Gasteiger partial charge in [0.1, 0.15) is 5.82 Å². The van der Waals surface area contributed by atoms with Gasteiger partial charge in [0.25, 0.3) is 0 Å². The SMILES string of the molecule is CCCCN(CC)CCC(=O)c1cccc(F)c1. The summed E-state index contributed by atoms with van der Waals surface area (Å²) >= 11 is 0. The Morgan fingerprint density at radius 1 is 1.28 bits per heavy atom. The lowest BCUT2D eigenvalue weighted by Crippen LogP contribution is -2.27. The topological polar surface area (TPSA) is 20.3 Å². The average Bonchev–Trinajstić information content (AvgIpc) is 2.38. The molecule has 0 bridgehead atoms. The second-order valence-electron chi connectivity index (χ2n) is 4.47. The van der Waals surface area contributed by atoms with Crippen LogP contribution in [0.5, 0.6) is 0 Å². The summed E-state index contributed by atoms with van der Waals surface area (Å²) in [5.74, 6) is -0.330. The van der Waals surface area contributed by atoms with E-state index in [4.69, 9.17) is 0 Å². The van der Waals surface area contributed by atoms with Crippen LogP contribution in [0.2, 0.25) is 0 Å². The molecule has 3 heteroatoms. The molecule has 18 heavy (non-hydrogen) atoms. The van der Waals surface area contributed by atoms with Crippen LogP contribution in [0, 0.1) is 5.82 Å². The second kappa shape index (κ2) is 7.98. The molecule has 2 nitrogen and oxygen atoms in total. The van der Waals surface area contributed by atoms with Gasteiger partial charge in [-0.1, -0.05) is 32.4 Å². The van der Waals surface area contributed by atoms with Crippen molar-refractivity contribution in [2.75, 3.05) is 19.6 Å². The molecule has 1 rings (SSSR count). The molecule has 0 aliphatic rings. The van der Waals surface area contributed by atoms with Gasteiger partial charge < -0.3 is 4.90 Å². The normalized spacial score (nSPS) is 10.9. The van der Waals surface area contributed by atoms with Crippen LogP contribution >= 0.6 is 0 Å². The van der Waals surface area contributed by atoms with Gasteiger partial charge in [0.2, 0.25) is 0 Å². The maximum atomic E-state index is 13.0. The van der Waals surface area contributed by atoms with Crippen LogP contribution in [-0.4, -0.2) is 30.3 Å². The number of Topliss-reactive ketones (excluding diaryl/α,β-unsaturated/α-hetero) is 1. The highest BCUT2D eigenvalue weighted by Crippen LogP contribution is 2.07. The van der Waals surface area contributed by atoms with E-state index in [1.165, 1.54) is 12.1 Å². The predicted molar refractivity (Wildman–Crippen MR) is 72.4 cm³/mol. The lowest BCUT2D eigenvalue weighted by atomic mass is 10.1. The molecule has 0 spiro atoms. The summed E-state index contributed by atoms with van der Waals surface area (Å²) in [6.45, 7) is 7.00. The van der Waals surface area contributed by atoms with E-state index in [0.29, 0.717) is 12.0 Å². The van der Waals surface area contributed by atoms with E-state index in [1.54, 1.807) is 12.1 Å².